The maximum Gasteiger partial charge on any atom is 0.264 e. The molecule has 21 heavy (non-hydrogen) atoms. The number of para-hydroxylation sites is 2. The van der Waals surface area contributed by atoms with Crippen LogP contribution < -0.4 is 14.8 Å². The Morgan fingerprint density at radius 3 is 2.76 bits per heavy atom. The number of hydrogen-bond donors (Lipinski definition) is 1. The van der Waals surface area contributed by atoms with Gasteiger partial charge < -0.3 is 14.8 Å². The lowest BCUT2D eigenvalue weighted by Crippen LogP contribution is -2.45. The van der Waals surface area contributed by atoms with Crippen LogP contribution in [0.3, 0.4) is 0 Å². The Bertz CT molecular complexity index is 643. The van der Waals surface area contributed by atoms with Crippen molar-refractivity contribution in [1.29, 1.82) is 0 Å². The Morgan fingerprint density at radius 2 is 2.05 bits per heavy atom. The van der Waals surface area contributed by atoms with Gasteiger partial charge in [-0.2, -0.15) is 0 Å². The minimum Gasteiger partial charge on any atom is -0.485 e. The number of hydrogen-bond acceptors (Lipinski definition) is 5. The number of benzene rings is 1. The summed E-state index contributed by atoms with van der Waals surface area (Å²) in [5.41, 5.74) is 0. The Morgan fingerprint density at radius 1 is 1.29 bits per heavy atom. The summed E-state index contributed by atoms with van der Waals surface area (Å²) in [5.74, 6) is 1.27. The molecule has 0 aromatic heterocycles. The molecule has 1 saturated heterocycles. The van der Waals surface area contributed by atoms with Gasteiger partial charge in [-0.05, 0) is 24.5 Å². The van der Waals surface area contributed by atoms with Crippen LogP contribution in [0.15, 0.2) is 24.3 Å². The van der Waals surface area contributed by atoms with Crippen LogP contribution in [0.1, 0.15) is 6.42 Å². The number of sulfone groups is 1. The summed E-state index contributed by atoms with van der Waals surface area (Å²) in [6.45, 7) is 0.519. The summed E-state index contributed by atoms with van der Waals surface area (Å²) in [6.07, 6.45) is -0.0917. The highest BCUT2D eigenvalue weighted by Crippen LogP contribution is 2.30. The van der Waals surface area contributed by atoms with Gasteiger partial charge in [0.2, 0.25) is 6.10 Å². The van der Waals surface area contributed by atoms with Gasteiger partial charge in [0.15, 0.2) is 21.3 Å². The fraction of sp³-hybridized carbons (Fsp3) is 0.500. The van der Waals surface area contributed by atoms with E-state index in [1.54, 1.807) is 12.1 Å². The number of ether oxygens (including phenoxy) is 2. The summed E-state index contributed by atoms with van der Waals surface area (Å²) < 4.78 is 33.8. The lowest BCUT2D eigenvalue weighted by molar-refractivity contribution is -0.130. The molecule has 0 bridgehead atoms. The van der Waals surface area contributed by atoms with Crippen molar-refractivity contribution in [2.75, 3.05) is 24.7 Å². The van der Waals surface area contributed by atoms with Crippen LogP contribution in [0.2, 0.25) is 0 Å². The maximum atomic E-state index is 12.1. The summed E-state index contributed by atoms with van der Waals surface area (Å²) in [5, 5.41) is 2.75. The second-order valence-electron chi connectivity index (χ2n) is 5.38. The average Bonchev–Trinajstić information content (AvgIpc) is 2.83. The lowest BCUT2D eigenvalue weighted by Gasteiger charge is -2.25. The summed E-state index contributed by atoms with van der Waals surface area (Å²) in [6, 6.07) is 7.18. The Balaban J connectivity index is 1.53. The molecule has 2 aliphatic heterocycles. The van der Waals surface area contributed by atoms with Gasteiger partial charge in [0.05, 0.1) is 11.5 Å². The van der Waals surface area contributed by atoms with Crippen LogP contribution in [0.4, 0.5) is 0 Å². The number of fused-ring (bicyclic) bond motifs is 1. The molecule has 0 radical (unpaired) electrons. The molecule has 0 spiro atoms. The third-order valence-electron chi connectivity index (χ3n) is 3.69. The molecule has 0 saturated carbocycles. The Kier molecular flexibility index (Phi) is 3.75. The molecule has 1 amide bonds. The number of carbonyl (C=O) groups is 1. The highest BCUT2D eigenvalue weighted by atomic mass is 32.2. The first-order valence-corrected chi connectivity index (χ1v) is 8.72. The first-order chi connectivity index (χ1) is 10.0. The quantitative estimate of drug-likeness (QED) is 0.872. The number of rotatable bonds is 3. The van der Waals surface area contributed by atoms with E-state index >= 15 is 0 Å². The minimum absolute atomic E-state index is 0.00394. The molecule has 2 heterocycles. The van der Waals surface area contributed by atoms with Gasteiger partial charge in [0, 0.05) is 6.54 Å². The Hall–Kier alpha value is -1.76. The van der Waals surface area contributed by atoms with E-state index in [1.165, 1.54) is 0 Å². The normalized spacial score (nSPS) is 26.3. The van der Waals surface area contributed by atoms with Crippen LogP contribution >= 0.6 is 0 Å². The number of amides is 1. The Labute approximate surface area is 123 Å². The maximum absolute atomic E-state index is 12.1. The minimum atomic E-state index is -2.92. The van der Waals surface area contributed by atoms with Crippen molar-refractivity contribution in [3.8, 4) is 11.5 Å². The summed E-state index contributed by atoms with van der Waals surface area (Å²) in [4.78, 5) is 12.1. The molecule has 2 atom stereocenters. The van der Waals surface area contributed by atoms with Gasteiger partial charge in [0.1, 0.15) is 6.61 Å². The number of nitrogens with one attached hydrogen (secondary N) is 1. The zero-order chi connectivity index (χ0) is 14.9. The van der Waals surface area contributed by atoms with Gasteiger partial charge in [-0.3, -0.25) is 4.79 Å². The lowest BCUT2D eigenvalue weighted by atomic mass is 10.1. The molecule has 2 unspecified atom stereocenters. The van der Waals surface area contributed by atoms with E-state index in [-0.39, 0.29) is 29.9 Å². The van der Waals surface area contributed by atoms with Crippen molar-refractivity contribution < 1.29 is 22.7 Å². The molecular weight excluding hydrogens is 294 g/mol. The molecule has 1 aromatic rings. The van der Waals surface area contributed by atoms with E-state index in [9.17, 15) is 13.2 Å². The topological polar surface area (TPSA) is 81.7 Å². The van der Waals surface area contributed by atoms with E-state index in [0.29, 0.717) is 24.5 Å². The van der Waals surface area contributed by atoms with Crippen molar-refractivity contribution in [1.82, 2.24) is 5.32 Å². The third kappa shape index (κ3) is 3.29. The van der Waals surface area contributed by atoms with E-state index in [1.807, 2.05) is 12.1 Å². The van der Waals surface area contributed by atoms with Crippen LogP contribution in [0, 0.1) is 5.92 Å². The molecule has 6 nitrogen and oxygen atoms in total. The average molecular weight is 311 g/mol. The molecule has 7 heteroatoms. The fourth-order valence-electron chi connectivity index (χ4n) is 2.54. The molecule has 2 aliphatic rings. The predicted octanol–water partition coefficient (Wildman–Crippen LogP) is 0.377. The highest BCUT2D eigenvalue weighted by Gasteiger charge is 2.31. The van der Waals surface area contributed by atoms with Gasteiger partial charge >= 0.3 is 0 Å². The highest BCUT2D eigenvalue weighted by molar-refractivity contribution is 7.91. The van der Waals surface area contributed by atoms with Crippen molar-refractivity contribution in [3.05, 3.63) is 24.3 Å². The van der Waals surface area contributed by atoms with Crippen molar-refractivity contribution in [3.63, 3.8) is 0 Å². The first kappa shape index (κ1) is 14.2. The van der Waals surface area contributed by atoms with Gasteiger partial charge in [-0.1, -0.05) is 12.1 Å². The van der Waals surface area contributed by atoms with Crippen LogP contribution in [-0.4, -0.2) is 45.1 Å². The fourth-order valence-corrected chi connectivity index (χ4v) is 4.40. The van der Waals surface area contributed by atoms with E-state index < -0.39 is 15.9 Å². The monoisotopic (exact) mass is 311 g/mol. The third-order valence-corrected chi connectivity index (χ3v) is 5.53. The van der Waals surface area contributed by atoms with Gasteiger partial charge in [-0.15, -0.1) is 0 Å². The van der Waals surface area contributed by atoms with E-state index in [4.69, 9.17) is 9.47 Å². The smallest absolute Gasteiger partial charge is 0.264 e. The zero-order valence-corrected chi connectivity index (χ0v) is 12.3. The summed E-state index contributed by atoms with van der Waals surface area (Å²) in [7, 11) is -2.92. The second kappa shape index (κ2) is 5.55. The second-order valence-corrected chi connectivity index (χ2v) is 7.61. The van der Waals surface area contributed by atoms with Crippen molar-refractivity contribution in [2.45, 2.75) is 12.5 Å². The van der Waals surface area contributed by atoms with Gasteiger partial charge in [0.25, 0.3) is 5.91 Å². The molecule has 1 aromatic carbocycles. The standard InChI is InChI=1S/C14H17NO5S/c16-14(15-7-10-5-6-21(17,18)9-10)13-8-19-11-3-1-2-4-12(11)20-13/h1-4,10,13H,5-9H2,(H,15,16). The summed E-state index contributed by atoms with van der Waals surface area (Å²) >= 11 is 0. The molecule has 1 fully saturated rings. The van der Waals surface area contributed by atoms with Crippen molar-refractivity contribution in [2.24, 2.45) is 5.92 Å². The van der Waals surface area contributed by atoms with E-state index in [2.05, 4.69) is 5.32 Å². The van der Waals surface area contributed by atoms with Crippen LogP contribution in [-0.2, 0) is 14.6 Å². The van der Waals surface area contributed by atoms with Crippen LogP contribution in [0.25, 0.3) is 0 Å². The predicted molar refractivity (Wildman–Crippen MR) is 76.1 cm³/mol. The van der Waals surface area contributed by atoms with Crippen LogP contribution in [0.5, 0.6) is 11.5 Å². The SMILES string of the molecule is O=C(NCC1CCS(=O)(=O)C1)C1COc2ccccc2O1. The van der Waals surface area contributed by atoms with E-state index in [0.717, 1.165) is 0 Å². The van der Waals surface area contributed by atoms with Gasteiger partial charge in [-0.25, -0.2) is 8.42 Å². The molecule has 3 rings (SSSR count). The molecule has 1 N–H and O–H groups in total. The number of carbonyl (C=O) groups excluding carboxylic acids is 1. The largest absolute Gasteiger partial charge is 0.485 e. The first-order valence-electron chi connectivity index (χ1n) is 6.90. The zero-order valence-electron chi connectivity index (χ0n) is 11.4. The molecular formula is C14H17NO5S. The molecule has 0 aliphatic carbocycles. The molecule has 114 valence electrons. The van der Waals surface area contributed by atoms with Crippen molar-refractivity contribution >= 4 is 15.7 Å².